The lowest BCUT2D eigenvalue weighted by atomic mass is 10.0. The molecule has 1 aliphatic heterocycles. The number of carbonyl (C=O) groups excluding carboxylic acids is 2. The fourth-order valence-corrected chi connectivity index (χ4v) is 4.06. The molecule has 1 aromatic carbocycles. The van der Waals surface area contributed by atoms with Gasteiger partial charge in [-0.15, -0.1) is 0 Å². The monoisotopic (exact) mass is 427 g/mol. The summed E-state index contributed by atoms with van der Waals surface area (Å²) in [6, 6.07) is 3.19. The van der Waals surface area contributed by atoms with Crippen LogP contribution in [0.2, 0.25) is 5.02 Å². The number of amides is 3. The Labute approximate surface area is 174 Å². The summed E-state index contributed by atoms with van der Waals surface area (Å²) in [5.41, 5.74) is 2.16. The van der Waals surface area contributed by atoms with Crippen molar-refractivity contribution in [3.8, 4) is 11.1 Å². The van der Waals surface area contributed by atoms with Crippen molar-refractivity contribution in [2.24, 2.45) is 0 Å². The van der Waals surface area contributed by atoms with Crippen LogP contribution < -0.4 is 10.2 Å². The van der Waals surface area contributed by atoms with E-state index in [0.29, 0.717) is 53.0 Å². The Morgan fingerprint density at radius 3 is 2.87 bits per heavy atom. The maximum atomic E-state index is 15.5. The van der Waals surface area contributed by atoms with Crippen molar-refractivity contribution in [3.05, 3.63) is 41.6 Å². The first-order chi connectivity index (χ1) is 14.5. The number of likely N-dealkylation sites (N-methyl/N-ethyl adjacent to an activating group) is 1. The van der Waals surface area contributed by atoms with E-state index >= 15 is 4.39 Å². The van der Waals surface area contributed by atoms with E-state index in [1.807, 2.05) is 0 Å². The van der Waals surface area contributed by atoms with Crippen molar-refractivity contribution in [2.45, 2.75) is 0 Å². The van der Waals surface area contributed by atoms with E-state index in [-0.39, 0.29) is 16.7 Å². The molecular formula is C19H15ClFN7O2. The van der Waals surface area contributed by atoms with Gasteiger partial charge in [0.05, 0.1) is 22.9 Å². The summed E-state index contributed by atoms with van der Waals surface area (Å²) in [4.78, 5) is 30.3. The van der Waals surface area contributed by atoms with Gasteiger partial charge in [0.25, 0.3) is 0 Å². The van der Waals surface area contributed by atoms with Crippen LogP contribution in [0.5, 0.6) is 0 Å². The Balaban J connectivity index is 1.71. The molecule has 1 fully saturated rings. The number of fused-ring (bicyclic) bond motifs is 2. The predicted molar refractivity (Wildman–Crippen MR) is 110 cm³/mol. The van der Waals surface area contributed by atoms with Crippen LogP contribution in [0.4, 0.5) is 20.7 Å². The number of hydrogen-bond donors (Lipinski definition) is 2. The van der Waals surface area contributed by atoms with Crippen molar-refractivity contribution >= 4 is 52.1 Å². The molecule has 0 unspecified atom stereocenters. The van der Waals surface area contributed by atoms with Crippen LogP contribution in [0.15, 0.2) is 30.7 Å². The van der Waals surface area contributed by atoms with Crippen molar-refractivity contribution in [2.75, 3.05) is 30.4 Å². The molecule has 11 heteroatoms. The Kier molecular flexibility index (Phi) is 4.10. The molecule has 5 rings (SSSR count). The largest absolute Gasteiger partial charge is 0.326 e. The second-order valence-electron chi connectivity index (χ2n) is 6.94. The minimum Gasteiger partial charge on any atom is -0.326 e. The molecule has 1 saturated heterocycles. The number of carbonyl (C=O) groups is 2. The van der Waals surface area contributed by atoms with Crippen LogP contribution in [-0.4, -0.2) is 57.1 Å². The number of aromatic nitrogens is 4. The molecule has 0 aliphatic carbocycles. The highest BCUT2D eigenvalue weighted by atomic mass is 35.5. The molecule has 0 saturated carbocycles. The SMILES string of the molecule is CN1CCN(c2c(F)c(Cl)c(-c3ccc4nc(NC=O)cn4c3)c3cn[nH]c23)C1=O. The number of aromatic amines is 1. The van der Waals surface area contributed by atoms with Gasteiger partial charge in [-0.2, -0.15) is 5.10 Å². The lowest BCUT2D eigenvalue weighted by Crippen LogP contribution is -2.30. The van der Waals surface area contributed by atoms with Gasteiger partial charge < -0.3 is 14.6 Å². The van der Waals surface area contributed by atoms with E-state index in [0.717, 1.165) is 0 Å². The number of anilines is 2. The number of urea groups is 1. The summed E-state index contributed by atoms with van der Waals surface area (Å²) in [5, 5.41) is 9.85. The topological polar surface area (TPSA) is 98.6 Å². The van der Waals surface area contributed by atoms with Gasteiger partial charge in [-0.1, -0.05) is 11.6 Å². The Morgan fingerprint density at radius 2 is 2.13 bits per heavy atom. The van der Waals surface area contributed by atoms with Crippen LogP contribution in [0.25, 0.3) is 27.7 Å². The van der Waals surface area contributed by atoms with Gasteiger partial charge in [0, 0.05) is 42.8 Å². The predicted octanol–water partition coefficient (Wildman–Crippen LogP) is 3.11. The number of pyridine rings is 1. The number of nitrogens with one attached hydrogen (secondary N) is 2. The lowest BCUT2D eigenvalue weighted by molar-refractivity contribution is -0.105. The van der Waals surface area contributed by atoms with Crippen molar-refractivity contribution in [1.29, 1.82) is 0 Å². The molecule has 3 amide bonds. The van der Waals surface area contributed by atoms with E-state index in [1.54, 1.807) is 42.2 Å². The molecule has 0 atom stereocenters. The zero-order valence-corrected chi connectivity index (χ0v) is 16.4. The van der Waals surface area contributed by atoms with Gasteiger partial charge >= 0.3 is 6.03 Å². The highest BCUT2D eigenvalue weighted by Gasteiger charge is 2.33. The van der Waals surface area contributed by atoms with E-state index in [4.69, 9.17) is 11.6 Å². The molecule has 3 aromatic heterocycles. The molecular weight excluding hydrogens is 413 g/mol. The molecule has 0 bridgehead atoms. The van der Waals surface area contributed by atoms with Gasteiger partial charge in [0.2, 0.25) is 6.41 Å². The van der Waals surface area contributed by atoms with Crippen LogP contribution in [0.1, 0.15) is 0 Å². The van der Waals surface area contributed by atoms with Crippen LogP contribution in [0.3, 0.4) is 0 Å². The quantitative estimate of drug-likeness (QED) is 0.489. The van der Waals surface area contributed by atoms with Crippen molar-refractivity contribution < 1.29 is 14.0 Å². The number of benzene rings is 1. The maximum absolute atomic E-state index is 15.5. The van der Waals surface area contributed by atoms with Crippen LogP contribution >= 0.6 is 11.6 Å². The maximum Gasteiger partial charge on any atom is 0.324 e. The highest BCUT2D eigenvalue weighted by molar-refractivity contribution is 6.36. The summed E-state index contributed by atoms with van der Waals surface area (Å²) in [7, 11) is 1.66. The molecule has 0 spiro atoms. The minimum absolute atomic E-state index is 0.0896. The Hall–Kier alpha value is -3.66. The number of halogens is 2. The number of hydrogen-bond acceptors (Lipinski definition) is 4. The zero-order chi connectivity index (χ0) is 21.0. The van der Waals surface area contributed by atoms with E-state index in [9.17, 15) is 9.59 Å². The number of nitrogens with zero attached hydrogens (tertiary/aromatic N) is 5. The average molecular weight is 428 g/mol. The number of rotatable bonds is 4. The second kappa shape index (κ2) is 6.70. The normalized spacial score (nSPS) is 14.3. The lowest BCUT2D eigenvalue weighted by Gasteiger charge is -2.20. The molecule has 152 valence electrons. The minimum atomic E-state index is -0.693. The highest BCUT2D eigenvalue weighted by Crippen LogP contribution is 2.43. The average Bonchev–Trinajstić information content (AvgIpc) is 3.43. The zero-order valence-electron chi connectivity index (χ0n) is 15.7. The summed E-state index contributed by atoms with van der Waals surface area (Å²) >= 11 is 6.49. The smallest absolute Gasteiger partial charge is 0.324 e. The fourth-order valence-electron chi connectivity index (χ4n) is 3.76. The third kappa shape index (κ3) is 2.61. The van der Waals surface area contributed by atoms with E-state index in [2.05, 4.69) is 20.5 Å². The van der Waals surface area contributed by atoms with E-state index in [1.165, 1.54) is 9.80 Å². The Bertz CT molecular complexity index is 1330. The molecule has 0 radical (unpaired) electrons. The second-order valence-corrected chi connectivity index (χ2v) is 7.32. The summed E-state index contributed by atoms with van der Waals surface area (Å²) in [6.07, 6.45) is 5.47. The van der Waals surface area contributed by atoms with Gasteiger partial charge in [-0.05, 0) is 12.1 Å². The standard InChI is InChI=1S/C19H15ClFN7O2/c1-26-4-5-28(19(26)30)18-16(21)15(20)14(11-6-23-25-17(11)18)10-2-3-13-24-12(22-9-29)8-27(13)7-10/h2-3,6-9H,4-5H2,1H3,(H,22,29)(H,23,25). The van der Waals surface area contributed by atoms with Crippen LogP contribution in [-0.2, 0) is 4.79 Å². The molecule has 9 nitrogen and oxygen atoms in total. The third-order valence-electron chi connectivity index (χ3n) is 5.20. The first-order valence-corrected chi connectivity index (χ1v) is 9.43. The number of H-pyrrole nitrogens is 1. The first kappa shape index (κ1) is 18.4. The molecule has 2 N–H and O–H groups in total. The Morgan fingerprint density at radius 1 is 1.30 bits per heavy atom. The summed E-state index contributed by atoms with van der Waals surface area (Å²) in [6.45, 7) is 0.839. The first-order valence-electron chi connectivity index (χ1n) is 9.05. The van der Waals surface area contributed by atoms with Crippen LogP contribution in [0, 0.1) is 5.82 Å². The number of imidazole rings is 1. The van der Waals surface area contributed by atoms with Crippen molar-refractivity contribution in [1.82, 2.24) is 24.5 Å². The summed E-state index contributed by atoms with van der Waals surface area (Å²) in [5.74, 6) is -0.305. The molecule has 4 aromatic rings. The van der Waals surface area contributed by atoms with Gasteiger partial charge in [0.15, 0.2) is 11.6 Å². The van der Waals surface area contributed by atoms with Gasteiger partial charge in [-0.25, -0.2) is 14.2 Å². The molecule has 4 heterocycles. The van der Waals surface area contributed by atoms with Gasteiger partial charge in [-0.3, -0.25) is 14.8 Å². The van der Waals surface area contributed by atoms with Gasteiger partial charge in [0.1, 0.15) is 11.3 Å². The fraction of sp³-hybridized carbons (Fsp3) is 0.158. The summed E-state index contributed by atoms with van der Waals surface area (Å²) < 4.78 is 17.2. The molecule has 1 aliphatic rings. The van der Waals surface area contributed by atoms with E-state index < -0.39 is 5.82 Å². The molecule has 30 heavy (non-hydrogen) atoms. The van der Waals surface area contributed by atoms with Crippen molar-refractivity contribution in [3.63, 3.8) is 0 Å². The third-order valence-corrected chi connectivity index (χ3v) is 5.55.